The minimum absolute atomic E-state index is 0.0213. The molecular weight excluding hydrogens is 335 g/mol. The number of rotatable bonds is 4. The molecule has 0 radical (unpaired) electrons. The summed E-state index contributed by atoms with van der Waals surface area (Å²) in [5, 5.41) is 3.05. The number of hydrogen-bond donors (Lipinski definition) is 2. The zero-order valence-corrected chi connectivity index (χ0v) is 13.8. The normalized spacial score (nSPS) is 23.6. The fourth-order valence-corrected chi connectivity index (χ4v) is 3.32. The van der Waals surface area contributed by atoms with Gasteiger partial charge in [-0.05, 0) is 66.2 Å². The molecular formula is C16H22BrFN2O. The summed E-state index contributed by atoms with van der Waals surface area (Å²) in [5.41, 5.74) is 6.92. The SMILES string of the molecule is CC(Cc1ccc(F)c(Br)c1)NC(=O)C1CCCC(N)C1. The van der Waals surface area contributed by atoms with Crippen molar-refractivity contribution < 1.29 is 9.18 Å². The molecule has 3 unspecified atom stereocenters. The second-order valence-corrected chi connectivity index (χ2v) is 6.84. The molecule has 1 saturated carbocycles. The fraction of sp³-hybridized carbons (Fsp3) is 0.562. The number of nitrogens with two attached hydrogens (primary N) is 1. The van der Waals surface area contributed by atoms with E-state index in [0.29, 0.717) is 10.9 Å². The average Bonchev–Trinajstić information content (AvgIpc) is 2.43. The van der Waals surface area contributed by atoms with Crippen molar-refractivity contribution in [1.29, 1.82) is 0 Å². The Hall–Kier alpha value is -0.940. The Labute approximate surface area is 133 Å². The van der Waals surface area contributed by atoms with Crippen LogP contribution >= 0.6 is 15.9 Å². The van der Waals surface area contributed by atoms with Gasteiger partial charge in [-0.1, -0.05) is 12.5 Å². The lowest BCUT2D eigenvalue weighted by molar-refractivity contribution is -0.126. The molecule has 0 heterocycles. The van der Waals surface area contributed by atoms with Crippen LogP contribution in [0.25, 0.3) is 0 Å². The van der Waals surface area contributed by atoms with Crippen LogP contribution in [0.3, 0.4) is 0 Å². The van der Waals surface area contributed by atoms with Crippen LogP contribution in [-0.2, 0) is 11.2 Å². The molecule has 3 atom stereocenters. The first kappa shape index (κ1) is 16.4. The van der Waals surface area contributed by atoms with Gasteiger partial charge in [0.15, 0.2) is 0 Å². The van der Waals surface area contributed by atoms with Gasteiger partial charge in [0.25, 0.3) is 0 Å². The first-order valence-corrected chi connectivity index (χ1v) is 8.25. The van der Waals surface area contributed by atoms with Gasteiger partial charge in [0.1, 0.15) is 5.82 Å². The van der Waals surface area contributed by atoms with Gasteiger partial charge >= 0.3 is 0 Å². The lowest BCUT2D eigenvalue weighted by Crippen LogP contribution is -2.42. The number of nitrogens with one attached hydrogen (secondary N) is 1. The van der Waals surface area contributed by atoms with Gasteiger partial charge in [0.2, 0.25) is 5.91 Å². The number of carbonyl (C=O) groups excluding carboxylic acids is 1. The third kappa shape index (κ3) is 4.78. The van der Waals surface area contributed by atoms with Gasteiger partial charge in [0.05, 0.1) is 4.47 Å². The van der Waals surface area contributed by atoms with Crippen LogP contribution < -0.4 is 11.1 Å². The number of hydrogen-bond acceptors (Lipinski definition) is 2. The van der Waals surface area contributed by atoms with Crippen LogP contribution in [0.2, 0.25) is 0 Å². The minimum atomic E-state index is -0.272. The van der Waals surface area contributed by atoms with Crippen molar-refractivity contribution in [2.45, 2.75) is 51.1 Å². The molecule has 1 aromatic rings. The number of benzene rings is 1. The van der Waals surface area contributed by atoms with E-state index in [9.17, 15) is 9.18 Å². The Morgan fingerprint density at radius 3 is 2.95 bits per heavy atom. The Balaban J connectivity index is 1.87. The first-order valence-electron chi connectivity index (χ1n) is 7.45. The van der Waals surface area contributed by atoms with Crippen LogP contribution in [0.5, 0.6) is 0 Å². The van der Waals surface area contributed by atoms with Gasteiger partial charge in [-0.15, -0.1) is 0 Å². The Kier molecular flexibility index (Phi) is 5.76. The van der Waals surface area contributed by atoms with Gasteiger partial charge in [-0.3, -0.25) is 4.79 Å². The van der Waals surface area contributed by atoms with Crippen LogP contribution in [0.15, 0.2) is 22.7 Å². The molecule has 0 aliphatic heterocycles. The molecule has 1 fully saturated rings. The molecule has 0 aromatic heterocycles. The molecule has 3 nitrogen and oxygen atoms in total. The van der Waals surface area contributed by atoms with E-state index in [2.05, 4.69) is 21.2 Å². The predicted molar refractivity (Wildman–Crippen MR) is 85.3 cm³/mol. The maximum Gasteiger partial charge on any atom is 0.223 e. The van der Waals surface area contributed by atoms with Gasteiger partial charge < -0.3 is 11.1 Å². The largest absolute Gasteiger partial charge is 0.353 e. The zero-order valence-electron chi connectivity index (χ0n) is 12.2. The molecule has 0 spiro atoms. The van der Waals surface area contributed by atoms with Crippen molar-refractivity contribution in [3.05, 3.63) is 34.1 Å². The number of carbonyl (C=O) groups is 1. The molecule has 21 heavy (non-hydrogen) atoms. The molecule has 1 amide bonds. The lowest BCUT2D eigenvalue weighted by Gasteiger charge is -2.27. The Morgan fingerprint density at radius 2 is 2.29 bits per heavy atom. The third-order valence-corrected chi connectivity index (χ3v) is 4.61. The fourth-order valence-electron chi connectivity index (χ4n) is 2.90. The summed E-state index contributed by atoms with van der Waals surface area (Å²) >= 11 is 3.18. The van der Waals surface area contributed by atoms with Crippen molar-refractivity contribution in [1.82, 2.24) is 5.32 Å². The van der Waals surface area contributed by atoms with E-state index in [1.807, 2.05) is 6.92 Å². The standard InChI is InChI=1S/C16H22BrFN2O/c1-10(7-11-5-6-15(18)14(17)8-11)20-16(21)12-3-2-4-13(19)9-12/h5-6,8,10,12-13H,2-4,7,9,19H2,1H3,(H,20,21). The molecule has 1 aliphatic rings. The third-order valence-electron chi connectivity index (χ3n) is 4.00. The van der Waals surface area contributed by atoms with Crippen LogP contribution in [0.4, 0.5) is 4.39 Å². The van der Waals surface area contributed by atoms with Crippen LogP contribution in [-0.4, -0.2) is 18.0 Å². The van der Waals surface area contributed by atoms with E-state index >= 15 is 0 Å². The van der Waals surface area contributed by atoms with Gasteiger partial charge in [-0.2, -0.15) is 0 Å². The molecule has 1 aromatic carbocycles. The van der Waals surface area contributed by atoms with Gasteiger partial charge in [0, 0.05) is 18.0 Å². The summed E-state index contributed by atoms with van der Waals surface area (Å²) in [6, 6.07) is 5.12. The maximum absolute atomic E-state index is 13.2. The van der Waals surface area contributed by atoms with E-state index in [4.69, 9.17) is 5.73 Å². The molecule has 3 N–H and O–H groups in total. The maximum atomic E-state index is 13.2. The highest BCUT2D eigenvalue weighted by Crippen LogP contribution is 2.23. The predicted octanol–water partition coefficient (Wildman–Crippen LogP) is 3.15. The highest BCUT2D eigenvalue weighted by atomic mass is 79.9. The topological polar surface area (TPSA) is 55.1 Å². The second-order valence-electron chi connectivity index (χ2n) is 5.99. The molecule has 0 bridgehead atoms. The van der Waals surface area contributed by atoms with Crippen molar-refractivity contribution >= 4 is 21.8 Å². The summed E-state index contributed by atoms with van der Waals surface area (Å²) < 4.78 is 13.7. The Morgan fingerprint density at radius 1 is 1.52 bits per heavy atom. The number of halogens is 2. The summed E-state index contributed by atoms with van der Waals surface area (Å²) in [4.78, 5) is 12.2. The van der Waals surface area contributed by atoms with E-state index in [1.165, 1.54) is 6.07 Å². The molecule has 116 valence electrons. The Bertz CT molecular complexity index is 509. The van der Waals surface area contributed by atoms with Crippen LogP contribution in [0, 0.1) is 11.7 Å². The first-order chi connectivity index (χ1) is 9.95. The van der Waals surface area contributed by atoms with E-state index < -0.39 is 0 Å². The van der Waals surface area contributed by atoms with E-state index in [0.717, 1.165) is 31.2 Å². The lowest BCUT2D eigenvalue weighted by atomic mass is 9.85. The quantitative estimate of drug-likeness (QED) is 0.870. The zero-order chi connectivity index (χ0) is 15.4. The summed E-state index contributed by atoms with van der Waals surface area (Å²) in [6.45, 7) is 1.97. The average molecular weight is 357 g/mol. The smallest absolute Gasteiger partial charge is 0.223 e. The minimum Gasteiger partial charge on any atom is -0.353 e. The monoisotopic (exact) mass is 356 g/mol. The van der Waals surface area contributed by atoms with E-state index in [1.54, 1.807) is 12.1 Å². The summed E-state index contributed by atoms with van der Waals surface area (Å²) in [6.07, 6.45) is 4.43. The number of amides is 1. The molecule has 2 rings (SSSR count). The second kappa shape index (κ2) is 7.36. The highest BCUT2D eigenvalue weighted by Gasteiger charge is 2.26. The van der Waals surface area contributed by atoms with Crippen molar-refractivity contribution in [2.24, 2.45) is 11.7 Å². The van der Waals surface area contributed by atoms with Crippen molar-refractivity contribution in [3.8, 4) is 0 Å². The highest BCUT2D eigenvalue weighted by molar-refractivity contribution is 9.10. The van der Waals surface area contributed by atoms with Crippen molar-refractivity contribution in [2.75, 3.05) is 0 Å². The summed E-state index contributed by atoms with van der Waals surface area (Å²) in [7, 11) is 0. The van der Waals surface area contributed by atoms with Gasteiger partial charge in [-0.25, -0.2) is 4.39 Å². The molecule has 0 saturated heterocycles. The van der Waals surface area contributed by atoms with Crippen molar-refractivity contribution in [3.63, 3.8) is 0 Å². The van der Waals surface area contributed by atoms with Crippen LogP contribution in [0.1, 0.15) is 38.2 Å². The summed E-state index contributed by atoms with van der Waals surface area (Å²) in [5.74, 6) is -0.137. The van der Waals surface area contributed by atoms with E-state index in [-0.39, 0.29) is 29.7 Å². The molecule has 5 heteroatoms. The molecule has 1 aliphatic carbocycles.